The third-order valence-corrected chi connectivity index (χ3v) is 3.32. The van der Waals surface area contributed by atoms with Gasteiger partial charge in [0.15, 0.2) is 11.6 Å². The zero-order chi connectivity index (χ0) is 15.9. The van der Waals surface area contributed by atoms with Crippen molar-refractivity contribution >= 4 is 5.97 Å². The predicted octanol–water partition coefficient (Wildman–Crippen LogP) is 3.51. The van der Waals surface area contributed by atoms with E-state index in [1.807, 2.05) is 38.1 Å². The molecule has 0 bridgehead atoms. The molecule has 0 saturated carbocycles. The van der Waals surface area contributed by atoms with E-state index in [0.717, 1.165) is 17.5 Å². The van der Waals surface area contributed by atoms with Gasteiger partial charge in [0.1, 0.15) is 0 Å². The molecule has 2 aromatic rings. The standard InChI is InChI=1S/C17H20N2O3/c1-3-8-22-15-10-18-17(19-11-15)14-6-4-13(5-7-14)12(2)9-16(20)21/h4-7,10-12H,3,8-9H2,1-2H3,(H,20,21). The molecule has 1 N–H and O–H groups in total. The van der Waals surface area contributed by atoms with Crippen molar-refractivity contribution in [1.82, 2.24) is 9.97 Å². The number of carbonyl (C=O) groups is 1. The molecule has 5 nitrogen and oxygen atoms in total. The van der Waals surface area contributed by atoms with Gasteiger partial charge < -0.3 is 9.84 Å². The summed E-state index contributed by atoms with van der Waals surface area (Å²) >= 11 is 0. The van der Waals surface area contributed by atoms with E-state index in [4.69, 9.17) is 9.84 Å². The lowest BCUT2D eigenvalue weighted by Gasteiger charge is -2.10. The second-order valence-corrected chi connectivity index (χ2v) is 5.21. The van der Waals surface area contributed by atoms with Crippen molar-refractivity contribution in [3.63, 3.8) is 0 Å². The largest absolute Gasteiger partial charge is 0.490 e. The number of rotatable bonds is 7. The smallest absolute Gasteiger partial charge is 0.303 e. The van der Waals surface area contributed by atoms with Crippen molar-refractivity contribution in [3.05, 3.63) is 42.2 Å². The Morgan fingerprint density at radius 1 is 1.23 bits per heavy atom. The molecule has 5 heteroatoms. The molecule has 0 spiro atoms. The zero-order valence-electron chi connectivity index (χ0n) is 12.8. The monoisotopic (exact) mass is 300 g/mol. The molecule has 116 valence electrons. The van der Waals surface area contributed by atoms with Gasteiger partial charge in [0.2, 0.25) is 0 Å². The Labute approximate surface area is 130 Å². The molecular weight excluding hydrogens is 280 g/mol. The van der Waals surface area contributed by atoms with Gasteiger partial charge in [0.05, 0.1) is 25.4 Å². The fraction of sp³-hybridized carbons (Fsp3) is 0.353. The minimum absolute atomic E-state index is 0.0164. The Bertz CT molecular complexity index is 609. The first-order chi connectivity index (χ1) is 10.6. The topological polar surface area (TPSA) is 72.3 Å². The zero-order valence-corrected chi connectivity index (χ0v) is 12.8. The minimum Gasteiger partial charge on any atom is -0.490 e. The van der Waals surface area contributed by atoms with Crippen molar-refractivity contribution in [2.75, 3.05) is 6.61 Å². The van der Waals surface area contributed by atoms with E-state index >= 15 is 0 Å². The van der Waals surface area contributed by atoms with Crippen molar-refractivity contribution in [1.29, 1.82) is 0 Å². The van der Waals surface area contributed by atoms with E-state index < -0.39 is 5.97 Å². The summed E-state index contributed by atoms with van der Waals surface area (Å²) in [5.74, 6) is 0.485. The summed E-state index contributed by atoms with van der Waals surface area (Å²) in [6, 6.07) is 7.67. The quantitative estimate of drug-likeness (QED) is 0.847. The highest BCUT2D eigenvalue weighted by Crippen LogP contribution is 2.23. The SMILES string of the molecule is CCCOc1cnc(-c2ccc(C(C)CC(=O)O)cc2)nc1. The molecule has 0 aliphatic heterocycles. The highest BCUT2D eigenvalue weighted by atomic mass is 16.5. The normalized spacial score (nSPS) is 11.9. The molecule has 0 fully saturated rings. The van der Waals surface area contributed by atoms with E-state index in [1.54, 1.807) is 12.4 Å². The lowest BCUT2D eigenvalue weighted by molar-refractivity contribution is -0.137. The molecule has 0 aliphatic carbocycles. The molecule has 0 saturated heterocycles. The Balaban J connectivity index is 2.08. The molecular formula is C17H20N2O3. The van der Waals surface area contributed by atoms with E-state index in [2.05, 4.69) is 9.97 Å². The number of benzene rings is 1. The summed E-state index contributed by atoms with van der Waals surface area (Å²) in [5, 5.41) is 8.83. The first-order valence-electron chi connectivity index (χ1n) is 7.37. The minimum atomic E-state index is -0.789. The van der Waals surface area contributed by atoms with Crippen LogP contribution in [0.2, 0.25) is 0 Å². The molecule has 22 heavy (non-hydrogen) atoms. The second-order valence-electron chi connectivity index (χ2n) is 5.21. The number of hydrogen-bond acceptors (Lipinski definition) is 4. The predicted molar refractivity (Wildman–Crippen MR) is 83.9 cm³/mol. The van der Waals surface area contributed by atoms with E-state index in [0.29, 0.717) is 18.2 Å². The van der Waals surface area contributed by atoms with Crippen LogP contribution in [0.15, 0.2) is 36.7 Å². The molecule has 0 aliphatic rings. The first kappa shape index (κ1) is 15.9. The summed E-state index contributed by atoms with van der Waals surface area (Å²) in [5.41, 5.74) is 1.89. The van der Waals surface area contributed by atoms with Gasteiger partial charge in [0, 0.05) is 5.56 Å². The van der Waals surface area contributed by atoms with Gasteiger partial charge in [-0.05, 0) is 17.9 Å². The maximum absolute atomic E-state index is 10.7. The van der Waals surface area contributed by atoms with Crippen molar-refractivity contribution in [2.24, 2.45) is 0 Å². The van der Waals surface area contributed by atoms with Crippen LogP contribution < -0.4 is 4.74 Å². The van der Waals surface area contributed by atoms with Gasteiger partial charge in [-0.15, -0.1) is 0 Å². The van der Waals surface area contributed by atoms with E-state index in [1.165, 1.54) is 0 Å². The second kappa shape index (κ2) is 7.54. The van der Waals surface area contributed by atoms with Crippen LogP contribution in [-0.2, 0) is 4.79 Å². The molecule has 2 rings (SSSR count). The molecule has 0 amide bonds. The average Bonchev–Trinajstić information content (AvgIpc) is 2.53. The third kappa shape index (κ3) is 4.28. The molecule has 0 radical (unpaired) electrons. The van der Waals surface area contributed by atoms with Gasteiger partial charge in [-0.1, -0.05) is 38.1 Å². The number of aromatic nitrogens is 2. The average molecular weight is 300 g/mol. The summed E-state index contributed by atoms with van der Waals surface area (Å²) in [4.78, 5) is 19.3. The highest BCUT2D eigenvalue weighted by Gasteiger charge is 2.10. The molecule has 1 unspecified atom stereocenters. The number of nitrogens with zero attached hydrogens (tertiary/aromatic N) is 2. The fourth-order valence-corrected chi connectivity index (χ4v) is 2.10. The Morgan fingerprint density at radius 3 is 2.41 bits per heavy atom. The maximum atomic E-state index is 10.7. The summed E-state index contributed by atoms with van der Waals surface area (Å²) in [7, 11) is 0. The summed E-state index contributed by atoms with van der Waals surface area (Å²) in [6.45, 7) is 4.60. The van der Waals surface area contributed by atoms with E-state index in [-0.39, 0.29) is 12.3 Å². The molecule has 1 atom stereocenters. The third-order valence-electron chi connectivity index (χ3n) is 3.32. The van der Waals surface area contributed by atoms with Crippen molar-refractivity contribution in [2.45, 2.75) is 32.6 Å². The van der Waals surface area contributed by atoms with Gasteiger partial charge in [-0.3, -0.25) is 4.79 Å². The van der Waals surface area contributed by atoms with Crippen molar-refractivity contribution < 1.29 is 14.6 Å². The summed E-state index contributed by atoms with van der Waals surface area (Å²) < 4.78 is 5.45. The molecule has 1 heterocycles. The number of hydrogen-bond donors (Lipinski definition) is 1. The fourth-order valence-electron chi connectivity index (χ4n) is 2.10. The first-order valence-corrected chi connectivity index (χ1v) is 7.37. The number of carboxylic acids is 1. The van der Waals surface area contributed by atoms with Crippen LogP contribution in [0.25, 0.3) is 11.4 Å². The van der Waals surface area contributed by atoms with Crippen LogP contribution in [0, 0.1) is 0 Å². The molecule has 1 aromatic carbocycles. The Hall–Kier alpha value is -2.43. The van der Waals surface area contributed by atoms with Crippen LogP contribution in [0.4, 0.5) is 0 Å². The van der Waals surface area contributed by atoms with Crippen LogP contribution in [0.5, 0.6) is 5.75 Å². The summed E-state index contributed by atoms with van der Waals surface area (Å²) in [6.07, 6.45) is 4.40. The lowest BCUT2D eigenvalue weighted by atomic mass is 9.97. The Kier molecular flexibility index (Phi) is 5.47. The van der Waals surface area contributed by atoms with Gasteiger partial charge in [-0.2, -0.15) is 0 Å². The van der Waals surface area contributed by atoms with Gasteiger partial charge in [0.25, 0.3) is 0 Å². The van der Waals surface area contributed by atoms with Crippen LogP contribution in [-0.4, -0.2) is 27.7 Å². The van der Waals surface area contributed by atoms with Crippen LogP contribution in [0.3, 0.4) is 0 Å². The maximum Gasteiger partial charge on any atom is 0.303 e. The van der Waals surface area contributed by atoms with Crippen molar-refractivity contribution in [3.8, 4) is 17.1 Å². The Morgan fingerprint density at radius 2 is 1.86 bits per heavy atom. The number of ether oxygens (including phenoxy) is 1. The van der Waals surface area contributed by atoms with Gasteiger partial charge in [-0.25, -0.2) is 9.97 Å². The van der Waals surface area contributed by atoms with E-state index in [9.17, 15) is 4.79 Å². The lowest BCUT2D eigenvalue weighted by Crippen LogP contribution is -2.02. The number of aliphatic carboxylic acids is 1. The van der Waals surface area contributed by atoms with Crippen LogP contribution in [0.1, 0.15) is 38.2 Å². The highest BCUT2D eigenvalue weighted by molar-refractivity contribution is 5.68. The molecule has 1 aromatic heterocycles. The van der Waals surface area contributed by atoms with Crippen LogP contribution >= 0.6 is 0 Å². The number of carboxylic acid groups (broad SMARTS) is 1. The van der Waals surface area contributed by atoms with Gasteiger partial charge >= 0.3 is 5.97 Å².